The summed E-state index contributed by atoms with van der Waals surface area (Å²) in [7, 11) is 0. The molecule has 1 aliphatic rings. The molecule has 6 nitrogen and oxygen atoms in total. The Labute approximate surface area is 126 Å². The maximum absolute atomic E-state index is 11.9. The van der Waals surface area contributed by atoms with Crippen molar-refractivity contribution >= 4 is 29.3 Å². The molecule has 110 valence electrons. The van der Waals surface area contributed by atoms with Crippen molar-refractivity contribution in [2.75, 3.05) is 5.32 Å². The number of urea groups is 1. The maximum Gasteiger partial charge on any atom is 0.319 e. The van der Waals surface area contributed by atoms with Gasteiger partial charge in [-0.25, -0.2) is 4.79 Å². The van der Waals surface area contributed by atoms with E-state index in [0.717, 1.165) is 0 Å². The van der Waals surface area contributed by atoms with E-state index in [0.29, 0.717) is 35.5 Å². The Morgan fingerprint density at radius 2 is 2.14 bits per heavy atom. The number of amides is 2. The van der Waals surface area contributed by atoms with Crippen molar-refractivity contribution in [2.24, 2.45) is 5.92 Å². The predicted octanol–water partition coefficient (Wildman–Crippen LogP) is 2.59. The first-order valence-corrected chi connectivity index (χ1v) is 6.87. The lowest BCUT2D eigenvalue weighted by Crippen LogP contribution is -2.36. The Morgan fingerprint density at radius 3 is 2.76 bits per heavy atom. The first-order chi connectivity index (χ1) is 9.99. The van der Waals surface area contributed by atoms with Gasteiger partial charge >= 0.3 is 12.0 Å². The first kappa shape index (κ1) is 15.1. The fourth-order valence-electron chi connectivity index (χ4n) is 2.37. The molecule has 1 fully saturated rings. The van der Waals surface area contributed by atoms with E-state index in [4.69, 9.17) is 22.0 Å². The summed E-state index contributed by atoms with van der Waals surface area (Å²) < 4.78 is 0. The normalized spacial score (nSPS) is 20.6. The Kier molecular flexibility index (Phi) is 4.66. The average molecular weight is 308 g/mol. The third-order valence-corrected chi connectivity index (χ3v) is 3.79. The number of carboxylic acid groups (broad SMARTS) is 1. The van der Waals surface area contributed by atoms with Crippen molar-refractivity contribution in [3.8, 4) is 6.07 Å². The number of carbonyl (C=O) groups is 2. The molecule has 1 aromatic rings. The van der Waals surface area contributed by atoms with E-state index >= 15 is 0 Å². The van der Waals surface area contributed by atoms with E-state index in [1.807, 2.05) is 6.07 Å². The highest BCUT2D eigenvalue weighted by molar-refractivity contribution is 6.33. The highest BCUT2D eigenvalue weighted by Gasteiger charge is 2.30. The molecular weight excluding hydrogens is 294 g/mol. The number of halogens is 1. The van der Waals surface area contributed by atoms with E-state index in [2.05, 4.69) is 10.6 Å². The van der Waals surface area contributed by atoms with Gasteiger partial charge in [0.1, 0.15) is 0 Å². The van der Waals surface area contributed by atoms with E-state index in [9.17, 15) is 9.59 Å². The highest BCUT2D eigenvalue weighted by atomic mass is 35.5. The van der Waals surface area contributed by atoms with Gasteiger partial charge in [-0.1, -0.05) is 11.6 Å². The molecule has 2 atom stereocenters. The lowest BCUT2D eigenvalue weighted by atomic mass is 10.1. The van der Waals surface area contributed by atoms with Crippen molar-refractivity contribution in [2.45, 2.75) is 25.3 Å². The number of aliphatic carboxylic acids is 1. The van der Waals surface area contributed by atoms with Gasteiger partial charge in [0, 0.05) is 6.04 Å². The number of carboxylic acids is 1. The Morgan fingerprint density at radius 1 is 1.38 bits per heavy atom. The molecule has 0 radical (unpaired) electrons. The standard InChI is InChI=1S/C14H14ClN3O3/c15-11-4-1-8(7-16)5-12(11)18-14(21)17-10-3-2-9(6-10)13(19)20/h1,4-5,9-10H,2-3,6H2,(H,19,20)(H2,17,18,21)/t9-,10+/m1/s1. The smallest absolute Gasteiger partial charge is 0.319 e. The van der Waals surface area contributed by atoms with Gasteiger partial charge in [-0.15, -0.1) is 0 Å². The van der Waals surface area contributed by atoms with Crippen LogP contribution in [0.3, 0.4) is 0 Å². The molecule has 7 heteroatoms. The van der Waals surface area contributed by atoms with Gasteiger partial charge in [-0.05, 0) is 37.5 Å². The Hall–Kier alpha value is -2.26. The summed E-state index contributed by atoms with van der Waals surface area (Å²) in [6, 6.07) is 5.92. The number of benzene rings is 1. The topological polar surface area (TPSA) is 102 Å². The van der Waals surface area contributed by atoms with Crippen molar-refractivity contribution in [3.63, 3.8) is 0 Å². The second kappa shape index (κ2) is 6.46. The summed E-state index contributed by atoms with van der Waals surface area (Å²) in [6.07, 6.45) is 1.62. The molecule has 2 amide bonds. The third-order valence-electron chi connectivity index (χ3n) is 3.46. The predicted molar refractivity (Wildman–Crippen MR) is 77.1 cm³/mol. The van der Waals surface area contributed by atoms with Crippen LogP contribution in [0.25, 0.3) is 0 Å². The minimum Gasteiger partial charge on any atom is -0.481 e. The number of hydrogen-bond acceptors (Lipinski definition) is 3. The van der Waals surface area contributed by atoms with Crippen LogP contribution >= 0.6 is 11.6 Å². The van der Waals surface area contributed by atoms with Crippen LogP contribution in [0.1, 0.15) is 24.8 Å². The van der Waals surface area contributed by atoms with Gasteiger partial charge in [-0.3, -0.25) is 4.79 Å². The molecule has 1 aliphatic carbocycles. The maximum atomic E-state index is 11.9. The number of carbonyl (C=O) groups excluding carboxylic acids is 1. The molecule has 0 saturated heterocycles. The number of rotatable bonds is 3. The quantitative estimate of drug-likeness (QED) is 0.798. The first-order valence-electron chi connectivity index (χ1n) is 6.49. The summed E-state index contributed by atoms with van der Waals surface area (Å²) >= 11 is 5.95. The molecule has 2 rings (SSSR count). The van der Waals surface area contributed by atoms with E-state index in [1.54, 1.807) is 6.07 Å². The minimum atomic E-state index is -0.829. The second-order valence-corrected chi connectivity index (χ2v) is 5.36. The zero-order valence-electron chi connectivity index (χ0n) is 11.1. The molecule has 0 unspecified atom stereocenters. The molecular formula is C14H14ClN3O3. The van der Waals surface area contributed by atoms with Gasteiger partial charge < -0.3 is 15.7 Å². The Balaban J connectivity index is 1.94. The fourth-order valence-corrected chi connectivity index (χ4v) is 2.54. The van der Waals surface area contributed by atoms with Crippen molar-refractivity contribution in [1.29, 1.82) is 5.26 Å². The number of nitrogens with one attached hydrogen (secondary N) is 2. The summed E-state index contributed by atoms with van der Waals surface area (Å²) in [5, 5.41) is 23.4. The van der Waals surface area contributed by atoms with Gasteiger partial charge in [0.25, 0.3) is 0 Å². The zero-order valence-corrected chi connectivity index (χ0v) is 11.9. The molecule has 0 bridgehead atoms. The molecule has 0 aliphatic heterocycles. The molecule has 21 heavy (non-hydrogen) atoms. The van der Waals surface area contributed by atoms with Crippen molar-refractivity contribution in [1.82, 2.24) is 5.32 Å². The molecule has 3 N–H and O–H groups in total. The minimum absolute atomic E-state index is 0.163. The fraction of sp³-hybridized carbons (Fsp3) is 0.357. The lowest BCUT2D eigenvalue weighted by molar-refractivity contribution is -0.141. The summed E-state index contributed by atoms with van der Waals surface area (Å²) in [5.74, 6) is -1.23. The SMILES string of the molecule is N#Cc1ccc(Cl)c(NC(=O)N[C@H]2CC[C@@H](C(=O)O)C2)c1. The number of nitriles is 1. The van der Waals surface area contributed by atoms with Gasteiger partial charge in [0.15, 0.2) is 0 Å². The number of nitrogens with zero attached hydrogens (tertiary/aromatic N) is 1. The molecule has 0 spiro atoms. The van der Waals surface area contributed by atoms with Crippen molar-refractivity contribution < 1.29 is 14.7 Å². The van der Waals surface area contributed by atoms with E-state index < -0.39 is 17.9 Å². The monoisotopic (exact) mass is 307 g/mol. The van der Waals surface area contributed by atoms with Crippen molar-refractivity contribution in [3.05, 3.63) is 28.8 Å². The lowest BCUT2D eigenvalue weighted by Gasteiger charge is -2.14. The molecule has 1 aromatic carbocycles. The van der Waals surface area contributed by atoms with E-state index in [1.165, 1.54) is 12.1 Å². The average Bonchev–Trinajstić information content (AvgIpc) is 2.90. The van der Waals surface area contributed by atoms with Crippen LogP contribution in [-0.4, -0.2) is 23.1 Å². The van der Waals surface area contributed by atoms with Crippen LogP contribution in [0.2, 0.25) is 5.02 Å². The third kappa shape index (κ3) is 3.86. The van der Waals surface area contributed by atoms with Crippen LogP contribution in [0.4, 0.5) is 10.5 Å². The summed E-state index contributed by atoms with van der Waals surface area (Å²) in [5.41, 5.74) is 0.738. The summed E-state index contributed by atoms with van der Waals surface area (Å²) in [4.78, 5) is 22.7. The van der Waals surface area contributed by atoms with Crippen LogP contribution in [0.5, 0.6) is 0 Å². The largest absolute Gasteiger partial charge is 0.481 e. The van der Waals surface area contributed by atoms with Gasteiger partial charge in [-0.2, -0.15) is 5.26 Å². The van der Waals surface area contributed by atoms with Crippen LogP contribution in [0.15, 0.2) is 18.2 Å². The molecule has 1 saturated carbocycles. The summed E-state index contributed by atoms with van der Waals surface area (Å²) in [6.45, 7) is 0. The second-order valence-electron chi connectivity index (χ2n) is 4.95. The number of hydrogen-bond donors (Lipinski definition) is 3. The Bertz CT molecular complexity index is 612. The van der Waals surface area contributed by atoms with Gasteiger partial charge in [0.2, 0.25) is 0 Å². The number of anilines is 1. The van der Waals surface area contributed by atoms with E-state index in [-0.39, 0.29) is 6.04 Å². The van der Waals surface area contributed by atoms with Crippen LogP contribution in [-0.2, 0) is 4.79 Å². The van der Waals surface area contributed by atoms with Crippen LogP contribution in [0, 0.1) is 17.2 Å². The molecule has 0 aromatic heterocycles. The van der Waals surface area contributed by atoms with Gasteiger partial charge in [0.05, 0.1) is 28.3 Å². The zero-order chi connectivity index (χ0) is 15.4. The molecule has 0 heterocycles. The highest BCUT2D eigenvalue weighted by Crippen LogP contribution is 2.26. The van der Waals surface area contributed by atoms with Crippen LogP contribution < -0.4 is 10.6 Å².